The van der Waals surface area contributed by atoms with E-state index in [1.807, 2.05) is 91.9 Å². The second kappa shape index (κ2) is 11.4. The molecule has 0 saturated carbocycles. The van der Waals surface area contributed by atoms with Crippen molar-refractivity contribution in [1.29, 1.82) is 0 Å². The van der Waals surface area contributed by atoms with E-state index in [-0.39, 0.29) is 11.2 Å². The Morgan fingerprint density at radius 3 is 2.19 bits per heavy atom. The Balaban J connectivity index is 1.48. The Kier molecular flexibility index (Phi) is 7.33. The van der Waals surface area contributed by atoms with Crippen molar-refractivity contribution in [3.63, 3.8) is 0 Å². The number of aromatic nitrogens is 3. The summed E-state index contributed by atoms with van der Waals surface area (Å²) >= 11 is 1.35. The zero-order valence-corrected chi connectivity index (χ0v) is 23.7. The SMILES string of the molecule is COc1ccc(CSc2cc(-c3c(C)[nH]c4c(-c5ccccc5)c(-c5ccccc5)nn4c3=O)ccc2[N+](=O)[O-])cc1. The molecule has 6 rings (SSSR count). The van der Waals surface area contributed by atoms with Gasteiger partial charge in [0.25, 0.3) is 11.2 Å². The monoisotopic (exact) mass is 574 g/mol. The summed E-state index contributed by atoms with van der Waals surface area (Å²) in [7, 11) is 1.61. The predicted octanol–water partition coefficient (Wildman–Crippen LogP) is 7.54. The summed E-state index contributed by atoms with van der Waals surface area (Å²) in [5.41, 5.74) is 6.23. The van der Waals surface area contributed by atoms with Gasteiger partial charge in [0.1, 0.15) is 17.1 Å². The van der Waals surface area contributed by atoms with Crippen molar-refractivity contribution in [2.45, 2.75) is 17.6 Å². The molecule has 0 fully saturated rings. The van der Waals surface area contributed by atoms with Crippen LogP contribution in [-0.2, 0) is 5.75 Å². The number of H-pyrrole nitrogens is 1. The average molecular weight is 575 g/mol. The number of nitrogens with one attached hydrogen (secondary N) is 1. The molecule has 0 bridgehead atoms. The number of nitrogens with zero attached hydrogens (tertiary/aromatic N) is 3. The number of methoxy groups -OCH3 is 1. The van der Waals surface area contributed by atoms with Gasteiger partial charge in [-0.05, 0) is 47.9 Å². The van der Waals surface area contributed by atoms with Crippen molar-refractivity contribution in [3.05, 3.63) is 135 Å². The second-order valence-electron chi connectivity index (χ2n) is 9.72. The Hall–Kier alpha value is -5.15. The number of nitro benzene ring substituents is 1. The highest BCUT2D eigenvalue weighted by Crippen LogP contribution is 2.37. The molecule has 0 spiro atoms. The fourth-order valence-electron chi connectivity index (χ4n) is 5.02. The van der Waals surface area contributed by atoms with Crippen molar-refractivity contribution in [3.8, 4) is 39.3 Å². The van der Waals surface area contributed by atoms with Gasteiger partial charge in [-0.2, -0.15) is 9.61 Å². The van der Waals surface area contributed by atoms with Crippen LogP contribution in [0, 0.1) is 17.0 Å². The van der Waals surface area contributed by atoms with Gasteiger partial charge in [0, 0.05) is 23.1 Å². The van der Waals surface area contributed by atoms with E-state index in [0.29, 0.717) is 38.8 Å². The Morgan fingerprint density at radius 1 is 0.881 bits per heavy atom. The van der Waals surface area contributed by atoms with Gasteiger partial charge in [-0.1, -0.05) is 72.8 Å². The number of hydrogen-bond donors (Lipinski definition) is 1. The van der Waals surface area contributed by atoms with Crippen LogP contribution < -0.4 is 10.3 Å². The molecule has 9 heteroatoms. The molecule has 2 heterocycles. The number of rotatable bonds is 8. The third kappa shape index (κ3) is 5.06. The smallest absolute Gasteiger partial charge is 0.282 e. The average Bonchev–Trinajstić information content (AvgIpc) is 3.40. The molecule has 0 aliphatic rings. The van der Waals surface area contributed by atoms with Crippen LogP contribution in [0.5, 0.6) is 5.75 Å². The van der Waals surface area contributed by atoms with Crippen molar-refractivity contribution >= 4 is 23.1 Å². The highest BCUT2D eigenvalue weighted by atomic mass is 32.2. The van der Waals surface area contributed by atoms with Crippen LogP contribution in [0.15, 0.2) is 113 Å². The molecule has 0 radical (unpaired) electrons. The summed E-state index contributed by atoms with van der Waals surface area (Å²) in [5, 5.41) is 16.7. The van der Waals surface area contributed by atoms with E-state index < -0.39 is 4.92 Å². The van der Waals surface area contributed by atoms with E-state index >= 15 is 0 Å². The molecule has 6 aromatic rings. The number of fused-ring (bicyclic) bond motifs is 1. The van der Waals surface area contributed by atoms with Gasteiger partial charge in [0.05, 0.1) is 28.1 Å². The first kappa shape index (κ1) is 27.0. The van der Waals surface area contributed by atoms with Crippen LogP contribution in [0.4, 0.5) is 5.69 Å². The Bertz CT molecular complexity index is 1970. The molecule has 0 amide bonds. The van der Waals surface area contributed by atoms with Crippen molar-refractivity contribution in [2.75, 3.05) is 7.11 Å². The summed E-state index contributed by atoms with van der Waals surface area (Å²) in [5.74, 6) is 1.26. The first-order valence-electron chi connectivity index (χ1n) is 13.3. The summed E-state index contributed by atoms with van der Waals surface area (Å²) < 4.78 is 6.62. The van der Waals surface area contributed by atoms with E-state index in [2.05, 4.69) is 4.98 Å². The number of ether oxygens (including phenoxy) is 1. The van der Waals surface area contributed by atoms with Crippen LogP contribution in [0.3, 0.4) is 0 Å². The van der Waals surface area contributed by atoms with Crippen LogP contribution in [0.2, 0.25) is 0 Å². The molecule has 0 saturated heterocycles. The predicted molar refractivity (Wildman–Crippen MR) is 166 cm³/mol. The minimum atomic E-state index is -0.397. The Morgan fingerprint density at radius 2 is 1.55 bits per heavy atom. The summed E-state index contributed by atoms with van der Waals surface area (Å²) in [6, 6.07) is 32.0. The zero-order chi connectivity index (χ0) is 29.2. The van der Waals surface area contributed by atoms with Crippen molar-refractivity contribution in [1.82, 2.24) is 14.6 Å². The van der Waals surface area contributed by atoms with Gasteiger partial charge in [-0.25, -0.2) is 0 Å². The van der Waals surface area contributed by atoms with Crippen LogP contribution in [0.25, 0.3) is 39.2 Å². The molecule has 0 aliphatic carbocycles. The number of thioether (sulfide) groups is 1. The third-order valence-electron chi connectivity index (χ3n) is 7.08. The van der Waals surface area contributed by atoms with Crippen LogP contribution in [0.1, 0.15) is 11.3 Å². The lowest BCUT2D eigenvalue weighted by Gasteiger charge is -2.10. The van der Waals surface area contributed by atoms with Crippen molar-refractivity contribution < 1.29 is 9.66 Å². The molecular formula is C33H26N4O4S. The fourth-order valence-corrected chi connectivity index (χ4v) is 6.04. The first-order chi connectivity index (χ1) is 20.4. The number of aryl methyl sites for hydroxylation is 1. The lowest BCUT2D eigenvalue weighted by molar-refractivity contribution is -0.387. The van der Waals surface area contributed by atoms with E-state index in [9.17, 15) is 14.9 Å². The molecule has 4 aromatic carbocycles. The summed E-state index contributed by atoms with van der Waals surface area (Å²) in [6.07, 6.45) is 0. The second-order valence-corrected chi connectivity index (χ2v) is 10.7. The van der Waals surface area contributed by atoms with Gasteiger partial charge in [-0.15, -0.1) is 11.8 Å². The lowest BCUT2D eigenvalue weighted by atomic mass is 10.0. The van der Waals surface area contributed by atoms with Gasteiger partial charge in [0.15, 0.2) is 0 Å². The van der Waals surface area contributed by atoms with Crippen LogP contribution in [-0.4, -0.2) is 26.6 Å². The normalized spacial score (nSPS) is 11.1. The standard InChI is InChI=1S/C33H26N4O4S/c1-21-29(25-15-18-27(37(39)40)28(19-25)42-20-22-13-16-26(41-2)17-14-22)33(38)36-32(34-21)30(23-9-5-3-6-10-23)31(35-36)24-11-7-4-8-12-24/h3-19,34H,20H2,1-2H3. The minimum absolute atomic E-state index is 0.00996. The fraction of sp³-hybridized carbons (Fsp3) is 0.0909. The quantitative estimate of drug-likeness (QED) is 0.114. The highest BCUT2D eigenvalue weighted by molar-refractivity contribution is 7.98. The van der Waals surface area contributed by atoms with Gasteiger partial charge < -0.3 is 9.72 Å². The third-order valence-corrected chi connectivity index (χ3v) is 8.20. The highest BCUT2D eigenvalue weighted by Gasteiger charge is 2.23. The maximum atomic E-state index is 14.1. The maximum absolute atomic E-state index is 14.1. The maximum Gasteiger partial charge on any atom is 0.282 e. The minimum Gasteiger partial charge on any atom is -0.497 e. The van der Waals surface area contributed by atoms with Crippen LogP contribution >= 0.6 is 11.8 Å². The van der Waals surface area contributed by atoms with E-state index in [4.69, 9.17) is 9.84 Å². The number of nitro groups is 1. The number of hydrogen-bond acceptors (Lipinski definition) is 6. The number of aromatic amines is 1. The van der Waals surface area contributed by atoms with E-state index in [1.54, 1.807) is 19.2 Å². The molecule has 1 N–H and O–H groups in total. The van der Waals surface area contributed by atoms with Crippen molar-refractivity contribution in [2.24, 2.45) is 0 Å². The Labute approximate surface area is 245 Å². The summed E-state index contributed by atoms with van der Waals surface area (Å²) in [4.78, 5) is 29.5. The van der Waals surface area contributed by atoms with E-state index in [0.717, 1.165) is 28.0 Å². The molecule has 0 atom stereocenters. The lowest BCUT2D eigenvalue weighted by Crippen LogP contribution is -2.19. The van der Waals surface area contributed by atoms with Gasteiger partial charge in [0.2, 0.25) is 0 Å². The zero-order valence-electron chi connectivity index (χ0n) is 22.9. The van der Waals surface area contributed by atoms with Gasteiger partial charge in [-0.3, -0.25) is 14.9 Å². The molecule has 208 valence electrons. The molecule has 2 aromatic heterocycles. The van der Waals surface area contributed by atoms with E-state index in [1.165, 1.54) is 22.3 Å². The molecule has 0 unspecified atom stereocenters. The summed E-state index contributed by atoms with van der Waals surface area (Å²) in [6.45, 7) is 1.84. The largest absolute Gasteiger partial charge is 0.497 e. The molecule has 42 heavy (non-hydrogen) atoms. The first-order valence-corrected chi connectivity index (χ1v) is 14.2. The topological polar surface area (TPSA) is 103 Å². The molecule has 8 nitrogen and oxygen atoms in total. The van der Waals surface area contributed by atoms with Gasteiger partial charge >= 0.3 is 0 Å². The molecular weight excluding hydrogens is 548 g/mol. The number of benzene rings is 4. The molecule has 0 aliphatic heterocycles.